The van der Waals surface area contributed by atoms with Gasteiger partial charge in [0.1, 0.15) is 4.60 Å². The van der Waals surface area contributed by atoms with E-state index in [1.165, 1.54) is 27.8 Å². The van der Waals surface area contributed by atoms with Crippen molar-refractivity contribution in [2.24, 2.45) is 0 Å². The molecule has 2 aromatic carbocycles. The number of halogens is 2. The zero-order valence-electron chi connectivity index (χ0n) is 12.9. The molecule has 0 atom stereocenters. The first-order chi connectivity index (χ1) is 11.0. The van der Waals surface area contributed by atoms with Gasteiger partial charge in [0.2, 0.25) is 0 Å². The van der Waals surface area contributed by atoms with Crippen molar-refractivity contribution < 1.29 is 0 Å². The molecule has 0 radical (unpaired) electrons. The number of hydrogen-bond donors (Lipinski definition) is 0. The minimum absolute atomic E-state index is 0.00719. The zero-order valence-corrected chi connectivity index (χ0v) is 16.1. The Balaban J connectivity index is 1.90. The molecule has 0 spiro atoms. The summed E-state index contributed by atoms with van der Waals surface area (Å²) in [5.74, 6) is 0. The van der Waals surface area contributed by atoms with Gasteiger partial charge in [0, 0.05) is 21.6 Å². The predicted molar refractivity (Wildman–Crippen MR) is 103 cm³/mol. The number of fused-ring (bicyclic) bond motifs is 3. The fourth-order valence-electron chi connectivity index (χ4n) is 3.44. The van der Waals surface area contributed by atoms with E-state index in [2.05, 4.69) is 93.2 Å². The molecule has 0 bridgehead atoms. The van der Waals surface area contributed by atoms with E-state index in [-0.39, 0.29) is 5.41 Å². The third kappa shape index (κ3) is 2.38. The fraction of sp³-hybridized carbons (Fsp3) is 0.150. The summed E-state index contributed by atoms with van der Waals surface area (Å²) in [4.78, 5) is 4.35. The van der Waals surface area contributed by atoms with Crippen molar-refractivity contribution in [3.8, 4) is 22.3 Å². The van der Waals surface area contributed by atoms with Gasteiger partial charge in [0.15, 0.2) is 0 Å². The van der Waals surface area contributed by atoms with Gasteiger partial charge in [0.05, 0.1) is 0 Å². The van der Waals surface area contributed by atoms with E-state index >= 15 is 0 Å². The molecule has 0 saturated heterocycles. The lowest BCUT2D eigenvalue weighted by Crippen LogP contribution is -2.15. The smallest absolute Gasteiger partial charge is 0.106 e. The van der Waals surface area contributed by atoms with Gasteiger partial charge in [-0.3, -0.25) is 0 Å². The van der Waals surface area contributed by atoms with E-state index < -0.39 is 0 Å². The van der Waals surface area contributed by atoms with Crippen LogP contribution in [0.5, 0.6) is 0 Å². The molecule has 0 aliphatic heterocycles. The number of nitrogens with zero attached hydrogens (tertiary/aromatic N) is 1. The molecular formula is C20H15Br2N. The standard InChI is InChI=1S/C20H15Br2N/c1-20(2)17-9-12(13-4-8-19(22)23-11-13)3-6-15(17)16-7-5-14(21)10-18(16)20/h3-11H,1-2H3. The van der Waals surface area contributed by atoms with Gasteiger partial charge >= 0.3 is 0 Å². The van der Waals surface area contributed by atoms with Crippen LogP contribution in [-0.2, 0) is 5.41 Å². The number of aromatic nitrogens is 1. The van der Waals surface area contributed by atoms with Crippen LogP contribution in [0.15, 0.2) is 63.8 Å². The molecule has 0 N–H and O–H groups in total. The summed E-state index contributed by atoms with van der Waals surface area (Å²) in [5.41, 5.74) is 7.80. The van der Waals surface area contributed by atoms with Gasteiger partial charge in [-0.15, -0.1) is 0 Å². The Kier molecular flexibility index (Phi) is 3.47. The Morgan fingerprint density at radius 1 is 0.783 bits per heavy atom. The van der Waals surface area contributed by atoms with Crippen LogP contribution in [0.3, 0.4) is 0 Å². The van der Waals surface area contributed by atoms with Gasteiger partial charge in [0.25, 0.3) is 0 Å². The van der Waals surface area contributed by atoms with Crippen LogP contribution < -0.4 is 0 Å². The van der Waals surface area contributed by atoms with Crippen LogP contribution >= 0.6 is 31.9 Å². The minimum atomic E-state index is 0.00719. The molecule has 1 aromatic heterocycles. The molecule has 1 nitrogen and oxygen atoms in total. The number of rotatable bonds is 1. The molecule has 0 unspecified atom stereocenters. The zero-order chi connectivity index (χ0) is 16.2. The highest BCUT2D eigenvalue weighted by molar-refractivity contribution is 9.10. The average molecular weight is 429 g/mol. The van der Waals surface area contributed by atoms with Crippen LogP contribution in [-0.4, -0.2) is 4.98 Å². The maximum atomic E-state index is 4.35. The summed E-state index contributed by atoms with van der Waals surface area (Å²) in [6, 6.07) is 17.4. The largest absolute Gasteiger partial charge is 0.249 e. The molecule has 1 aliphatic rings. The van der Waals surface area contributed by atoms with Crippen molar-refractivity contribution in [2.75, 3.05) is 0 Å². The van der Waals surface area contributed by atoms with Crippen molar-refractivity contribution in [3.05, 3.63) is 74.9 Å². The first-order valence-electron chi connectivity index (χ1n) is 7.54. The summed E-state index contributed by atoms with van der Waals surface area (Å²) >= 11 is 7.00. The lowest BCUT2D eigenvalue weighted by molar-refractivity contribution is 0.660. The second-order valence-electron chi connectivity index (χ2n) is 6.44. The van der Waals surface area contributed by atoms with Gasteiger partial charge < -0.3 is 0 Å². The Morgan fingerprint density at radius 2 is 1.43 bits per heavy atom. The van der Waals surface area contributed by atoms with E-state index in [1.807, 2.05) is 12.3 Å². The molecular weight excluding hydrogens is 414 g/mol. The summed E-state index contributed by atoms with van der Waals surface area (Å²) in [7, 11) is 0. The average Bonchev–Trinajstić information content (AvgIpc) is 2.76. The van der Waals surface area contributed by atoms with Crippen molar-refractivity contribution in [1.29, 1.82) is 0 Å². The summed E-state index contributed by atoms with van der Waals surface area (Å²) in [6.45, 7) is 4.60. The maximum absolute atomic E-state index is 4.35. The quantitative estimate of drug-likeness (QED) is 0.399. The van der Waals surface area contributed by atoms with Gasteiger partial charge in [-0.2, -0.15) is 0 Å². The Labute approximate surface area is 153 Å². The second-order valence-corrected chi connectivity index (χ2v) is 8.17. The van der Waals surface area contributed by atoms with Crippen LogP contribution in [0.2, 0.25) is 0 Å². The summed E-state index contributed by atoms with van der Waals surface area (Å²) in [6.07, 6.45) is 1.91. The van der Waals surface area contributed by atoms with E-state index in [1.54, 1.807) is 0 Å². The molecule has 23 heavy (non-hydrogen) atoms. The molecule has 1 aliphatic carbocycles. The molecule has 0 fully saturated rings. The highest BCUT2D eigenvalue weighted by atomic mass is 79.9. The Hall–Kier alpha value is -1.45. The fourth-order valence-corrected chi connectivity index (χ4v) is 4.03. The first-order valence-corrected chi connectivity index (χ1v) is 9.12. The van der Waals surface area contributed by atoms with Crippen molar-refractivity contribution in [1.82, 2.24) is 4.98 Å². The van der Waals surface area contributed by atoms with Gasteiger partial charge in [-0.1, -0.05) is 54.0 Å². The van der Waals surface area contributed by atoms with Gasteiger partial charge in [-0.05, 0) is 68.0 Å². The Morgan fingerprint density at radius 3 is 2.13 bits per heavy atom. The van der Waals surface area contributed by atoms with E-state index in [9.17, 15) is 0 Å². The molecule has 3 aromatic rings. The van der Waals surface area contributed by atoms with Crippen LogP contribution in [0.1, 0.15) is 25.0 Å². The van der Waals surface area contributed by atoms with Crippen molar-refractivity contribution in [2.45, 2.75) is 19.3 Å². The number of hydrogen-bond acceptors (Lipinski definition) is 1. The molecule has 4 rings (SSSR count). The van der Waals surface area contributed by atoms with E-state index in [4.69, 9.17) is 0 Å². The molecule has 0 amide bonds. The molecule has 1 heterocycles. The van der Waals surface area contributed by atoms with Crippen LogP contribution in [0.25, 0.3) is 22.3 Å². The SMILES string of the molecule is CC1(C)c2cc(Br)ccc2-c2ccc(-c3ccc(Br)nc3)cc21. The van der Waals surface area contributed by atoms with Crippen LogP contribution in [0.4, 0.5) is 0 Å². The minimum Gasteiger partial charge on any atom is -0.249 e. The second kappa shape index (κ2) is 5.29. The third-order valence-electron chi connectivity index (χ3n) is 4.70. The normalized spacial score (nSPS) is 14.4. The molecule has 114 valence electrons. The maximum Gasteiger partial charge on any atom is 0.106 e. The van der Waals surface area contributed by atoms with E-state index in [0.29, 0.717) is 0 Å². The van der Waals surface area contributed by atoms with Crippen LogP contribution in [0, 0.1) is 0 Å². The summed E-state index contributed by atoms with van der Waals surface area (Å²) in [5, 5.41) is 0. The monoisotopic (exact) mass is 427 g/mol. The third-order valence-corrected chi connectivity index (χ3v) is 5.66. The van der Waals surface area contributed by atoms with Gasteiger partial charge in [-0.25, -0.2) is 4.98 Å². The highest BCUT2D eigenvalue weighted by Gasteiger charge is 2.35. The number of pyridine rings is 1. The van der Waals surface area contributed by atoms with Crippen molar-refractivity contribution in [3.63, 3.8) is 0 Å². The summed E-state index contributed by atoms with van der Waals surface area (Å²) < 4.78 is 1.99. The predicted octanol–water partition coefficient (Wildman–Crippen LogP) is 6.58. The first kappa shape index (κ1) is 15.1. The Bertz CT molecular complexity index is 911. The molecule has 0 saturated carbocycles. The molecule has 3 heteroatoms. The highest BCUT2D eigenvalue weighted by Crippen LogP contribution is 2.50. The lowest BCUT2D eigenvalue weighted by atomic mass is 9.81. The van der Waals surface area contributed by atoms with E-state index in [0.717, 1.165) is 14.6 Å². The topological polar surface area (TPSA) is 12.9 Å². The number of benzene rings is 2. The van der Waals surface area contributed by atoms with Crippen molar-refractivity contribution >= 4 is 31.9 Å². The lowest BCUT2D eigenvalue weighted by Gasteiger charge is -2.22.